The van der Waals surface area contributed by atoms with Gasteiger partial charge in [-0.3, -0.25) is 9.59 Å². The summed E-state index contributed by atoms with van der Waals surface area (Å²) in [5.74, 6) is -1.86. The maximum absolute atomic E-state index is 13.1. The number of amides is 2. The highest BCUT2D eigenvalue weighted by molar-refractivity contribution is 6.36. The van der Waals surface area contributed by atoms with Gasteiger partial charge in [0.2, 0.25) is 5.91 Å². The lowest BCUT2D eigenvalue weighted by Gasteiger charge is -2.27. The Hall–Kier alpha value is -2.90. The number of ketones is 1. The van der Waals surface area contributed by atoms with Crippen molar-refractivity contribution in [3.63, 3.8) is 0 Å². The molecule has 1 aliphatic rings. The summed E-state index contributed by atoms with van der Waals surface area (Å²) in [6.07, 6.45) is 5.25. The van der Waals surface area contributed by atoms with Crippen LogP contribution >= 0.6 is 0 Å². The molecule has 0 saturated heterocycles. The zero-order valence-corrected chi connectivity index (χ0v) is 20.5. The summed E-state index contributed by atoms with van der Waals surface area (Å²) in [7, 11) is 0. The molecule has 1 aliphatic carbocycles. The molecule has 188 valence electrons. The van der Waals surface area contributed by atoms with Crippen LogP contribution in [0.3, 0.4) is 0 Å². The van der Waals surface area contributed by atoms with Crippen molar-refractivity contribution in [2.24, 2.45) is 11.8 Å². The molecule has 1 fully saturated rings. The Bertz CT molecular complexity index is 805. The molecule has 1 aromatic carbocycles. The number of carbonyl (C=O) groups excluding carboxylic acids is 4. The first kappa shape index (κ1) is 27.3. The summed E-state index contributed by atoms with van der Waals surface area (Å²) in [5.41, 5.74) is 0.829. The van der Waals surface area contributed by atoms with Gasteiger partial charge < -0.3 is 20.1 Å². The Balaban J connectivity index is 2.05. The minimum Gasteiger partial charge on any atom is -0.460 e. The summed E-state index contributed by atoms with van der Waals surface area (Å²) in [4.78, 5) is 50.4. The van der Waals surface area contributed by atoms with Gasteiger partial charge in [-0.15, -0.1) is 0 Å². The van der Waals surface area contributed by atoms with E-state index in [9.17, 15) is 19.2 Å². The van der Waals surface area contributed by atoms with Crippen LogP contribution in [0.25, 0.3) is 0 Å². The summed E-state index contributed by atoms with van der Waals surface area (Å²) < 4.78 is 10.2. The highest BCUT2D eigenvalue weighted by Gasteiger charge is 2.33. The number of esters is 1. The Morgan fingerprint density at radius 3 is 2.24 bits per heavy atom. The molecular weight excluding hydrogens is 436 g/mol. The van der Waals surface area contributed by atoms with E-state index in [1.54, 1.807) is 6.92 Å². The first-order valence-electron chi connectivity index (χ1n) is 12.3. The summed E-state index contributed by atoms with van der Waals surface area (Å²) in [5, 5.41) is 5.35. The van der Waals surface area contributed by atoms with Crippen LogP contribution in [0.15, 0.2) is 30.3 Å². The van der Waals surface area contributed by atoms with Crippen LogP contribution in [-0.2, 0) is 30.5 Å². The fourth-order valence-electron chi connectivity index (χ4n) is 4.21. The van der Waals surface area contributed by atoms with E-state index < -0.39 is 35.8 Å². The van der Waals surface area contributed by atoms with E-state index in [2.05, 4.69) is 10.6 Å². The highest BCUT2D eigenvalue weighted by Crippen LogP contribution is 2.27. The molecule has 1 saturated carbocycles. The predicted octanol–water partition coefficient (Wildman–Crippen LogP) is 3.91. The molecule has 0 aromatic heterocycles. The molecule has 0 aliphatic heterocycles. The van der Waals surface area contributed by atoms with Gasteiger partial charge in [0.05, 0.1) is 12.6 Å². The smallest absolute Gasteiger partial charge is 0.408 e. The number of benzene rings is 1. The zero-order chi connectivity index (χ0) is 24.9. The molecule has 1 aromatic rings. The monoisotopic (exact) mass is 474 g/mol. The maximum atomic E-state index is 13.1. The van der Waals surface area contributed by atoms with E-state index in [1.807, 2.05) is 44.2 Å². The van der Waals surface area contributed by atoms with E-state index in [0.29, 0.717) is 12.8 Å². The first-order valence-corrected chi connectivity index (χ1v) is 12.3. The van der Waals surface area contributed by atoms with Crippen LogP contribution in [0, 0.1) is 11.8 Å². The lowest BCUT2D eigenvalue weighted by Crippen LogP contribution is -2.53. The van der Waals surface area contributed by atoms with E-state index >= 15 is 0 Å². The van der Waals surface area contributed by atoms with E-state index in [4.69, 9.17) is 9.47 Å². The van der Waals surface area contributed by atoms with Crippen molar-refractivity contribution in [1.82, 2.24) is 10.6 Å². The third-order valence-corrected chi connectivity index (χ3v) is 5.93. The quantitative estimate of drug-likeness (QED) is 0.351. The zero-order valence-electron chi connectivity index (χ0n) is 20.5. The fourth-order valence-corrected chi connectivity index (χ4v) is 4.21. The molecule has 0 radical (unpaired) electrons. The third-order valence-electron chi connectivity index (χ3n) is 5.93. The number of Topliss-reactive ketones (excluding diaryl/α,β-unsaturated/α-hetero) is 1. The minimum absolute atomic E-state index is 0.0777. The number of carbonyl (C=O) groups is 4. The molecule has 0 heterocycles. The van der Waals surface area contributed by atoms with E-state index in [1.165, 1.54) is 0 Å². The van der Waals surface area contributed by atoms with Gasteiger partial charge in [0.25, 0.3) is 5.78 Å². The van der Waals surface area contributed by atoms with Crippen LogP contribution in [-0.4, -0.2) is 42.4 Å². The second kappa shape index (κ2) is 14.4. The number of alkyl carbamates (subject to hydrolysis) is 1. The van der Waals surface area contributed by atoms with E-state index in [-0.39, 0.29) is 25.0 Å². The van der Waals surface area contributed by atoms with Crippen molar-refractivity contribution in [2.45, 2.75) is 84.4 Å². The van der Waals surface area contributed by atoms with Gasteiger partial charge in [-0.2, -0.15) is 0 Å². The standard InChI is InChI=1S/C26H38N2O6/c1-4-33-25(31)23(29)21(16-19-11-7-5-8-12-19)27-24(30)22(15-18(2)3)28-26(32)34-17-20-13-9-6-10-14-20/h6,9-10,13-14,18-19,21-22H,4-5,7-8,11-12,15-17H2,1-3H3,(H,27,30)(H,28,32)/t21?,22-/m0/s1. The van der Waals surface area contributed by atoms with Crippen molar-refractivity contribution in [3.05, 3.63) is 35.9 Å². The van der Waals surface area contributed by atoms with Gasteiger partial charge in [0, 0.05) is 0 Å². The van der Waals surface area contributed by atoms with Crippen molar-refractivity contribution < 1.29 is 28.7 Å². The van der Waals surface area contributed by atoms with Crippen molar-refractivity contribution >= 4 is 23.8 Å². The highest BCUT2D eigenvalue weighted by atomic mass is 16.5. The molecule has 2 amide bonds. The average Bonchev–Trinajstić information content (AvgIpc) is 2.82. The number of ether oxygens (including phenoxy) is 2. The van der Waals surface area contributed by atoms with Crippen molar-refractivity contribution in [1.29, 1.82) is 0 Å². The molecule has 1 unspecified atom stereocenters. The first-order chi connectivity index (χ1) is 16.3. The Morgan fingerprint density at radius 2 is 1.62 bits per heavy atom. The largest absolute Gasteiger partial charge is 0.460 e. The predicted molar refractivity (Wildman–Crippen MR) is 128 cm³/mol. The number of hydrogen-bond acceptors (Lipinski definition) is 6. The molecule has 34 heavy (non-hydrogen) atoms. The van der Waals surface area contributed by atoms with Crippen LogP contribution in [0.1, 0.15) is 71.3 Å². The second-order valence-corrected chi connectivity index (χ2v) is 9.27. The fraction of sp³-hybridized carbons (Fsp3) is 0.615. The lowest BCUT2D eigenvalue weighted by molar-refractivity contribution is -0.155. The number of hydrogen-bond donors (Lipinski definition) is 2. The summed E-state index contributed by atoms with van der Waals surface area (Å²) in [6.45, 7) is 5.65. The number of nitrogens with one attached hydrogen (secondary N) is 2. The Morgan fingerprint density at radius 1 is 0.941 bits per heavy atom. The second-order valence-electron chi connectivity index (χ2n) is 9.27. The van der Waals surface area contributed by atoms with Crippen LogP contribution < -0.4 is 10.6 Å². The van der Waals surface area contributed by atoms with Crippen LogP contribution in [0.2, 0.25) is 0 Å². The van der Waals surface area contributed by atoms with Crippen molar-refractivity contribution in [2.75, 3.05) is 6.61 Å². The van der Waals surface area contributed by atoms with Gasteiger partial charge in [0.15, 0.2) is 0 Å². The molecule has 2 N–H and O–H groups in total. The van der Waals surface area contributed by atoms with Gasteiger partial charge in [-0.25, -0.2) is 9.59 Å². The molecule has 0 bridgehead atoms. The third kappa shape index (κ3) is 9.53. The lowest BCUT2D eigenvalue weighted by atomic mass is 9.84. The molecular formula is C26H38N2O6. The SMILES string of the molecule is CCOC(=O)C(=O)C(CC1CCCCC1)NC(=O)[C@H](CC(C)C)NC(=O)OCc1ccccc1. The average molecular weight is 475 g/mol. The Kier molecular flexibility index (Phi) is 11.6. The molecule has 0 spiro atoms. The molecule has 2 rings (SSSR count). The minimum atomic E-state index is -0.980. The maximum Gasteiger partial charge on any atom is 0.408 e. The van der Waals surface area contributed by atoms with Crippen molar-refractivity contribution in [3.8, 4) is 0 Å². The van der Waals surface area contributed by atoms with Gasteiger partial charge in [-0.1, -0.05) is 76.3 Å². The topological polar surface area (TPSA) is 111 Å². The summed E-state index contributed by atoms with van der Waals surface area (Å²) in [6, 6.07) is 7.36. The van der Waals surface area contributed by atoms with Gasteiger partial charge >= 0.3 is 12.1 Å². The molecule has 8 nitrogen and oxygen atoms in total. The van der Waals surface area contributed by atoms with Crippen LogP contribution in [0.5, 0.6) is 0 Å². The summed E-state index contributed by atoms with van der Waals surface area (Å²) >= 11 is 0. The molecule has 8 heteroatoms. The Labute approximate surface area is 202 Å². The molecule has 2 atom stereocenters. The van der Waals surface area contributed by atoms with E-state index in [0.717, 1.165) is 37.7 Å². The number of rotatable bonds is 12. The van der Waals surface area contributed by atoms with Gasteiger partial charge in [0.1, 0.15) is 12.6 Å². The normalized spacial score (nSPS) is 15.8. The van der Waals surface area contributed by atoms with Gasteiger partial charge in [-0.05, 0) is 37.2 Å². The van der Waals surface area contributed by atoms with Crippen LogP contribution in [0.4, 0.5) is 4.79 Å².